The van der Waals surface area contributed by atoms with Gasteiger partial charge in [-0.15, -0.1) is 0 Å². The van der Waals surface area contributed by atoms with Crippen LogP contribution in [0.3, 0.4) is 0 Å². The lowest BCUT2D eigenvalue weighted by Gasteiger charge is -2.32. The lowest BCUT2D eigenvalue weighted by Crippen LogP contribution is -2.46. The molecule has 0 spiro atoms. The molecule has 0 bridgehead atoms. The molecule has 1 fully saturated rings. The van der Waals surface area contributed by atoms with Gasteiger partial charge in [-0.2, -0.15) is 0 Å². The van der Waals surface area contributed by atoms with Crippen molar-refractivity contribution < 1.29 is 14.9 Å². The van der Waals surface area contributed by atoms with Gasteiger partial charge in [0.1, 0.15) is 5.75 Å². The van der Waals surface area contributed by atoms with E-state index in [-0.39, 0.29) is 18.7 Å². The van der Waals surface area contributed by atoms with E-state index >= 15 is 0 Å². The lowest BCUT2D eigenvalue weighted by molar-refractivity contribution is 0.0914. The van der Waals surface area contributed by atoms with Crippen molar-refractivity contribution in [1.29, 1.82) is 0 Å². The Bertz CT molecular complexity index is 689. The minimum Gasteiger partial charge on any atom is -0.497 e. The molecule has 0 unspecified atom stereocenters. The van der Waals surface area contributed by atoms with Crippen molar-refractivity contribution in [2.45, 2.75) is 31.0 Å². The quantitative estimate of drug-likeness (QED) is 0.633. The van der Waals surface area contributed by atoms with Crippen LogP contribution in [-0.4, -0.2) is 54.5 Å². The van der Waals surface area contributed by atoms with Gasteiger partial charge in [-0.1, -0.05) is 42.5 Å². The van der Waals surface area contributed by atoms with Crippen molar-refractivity contribution in [2.75, 3.05) is 33.4 Å². The molecule has 2 aromatic carbocycles. The van der Waals surface area contributed by atoms with Gasteiger partial charge in [-0.3, -0.25) is 0 Å². The Morgan fingerprint density at radius 1 is 1.04 bits per heavy atom. The van der Waals surface area contributed by atoms with Crippen LogP contribution in [0.1, 0.15) is 36.1 Å². The van der Waals surface area contributed by atoms with Gasteiger partial charge in [0.2, 0.25) is 0 Å². The molecule has 3 atom stereocenters. The van der Waals surface area contributed by atoms with Crippen LogP contribution in [0.15, 0.2) is 54.6 Å². The van der Waals surface area contributed by atoms with Crippen LogP contribution >= 0.6 is 0 Å². The number of benzene rings is 2. The average Bonchev–Trinajstić information content (AvgIpc) is 3.24. The van der Waals surface area contributed by atoms with E-state index in [0.717, 1.165) is 36.5 Å². The zero-order chi connectivity index (χ0) is 19.1. The summed E-state index contributed by atoms with van der Waals surface area (Å²) in [6.07, 6.45) is 1.70. The number of hydrogen-bond donors (Lipinski definition) is 3. The first-order chi connectivity index (χ1) is 13.2. The maximum atomic E-state index is 11.1. The van der Waals surface area contributed by atoms with Crippen LogP contribution < -0.4 is 10.1 Å². The summed E-state index contributed by atoms with van der Waals surface area (Å²) in [6, 6.07) is 17.0. The van der Waals surface area contributed by atoms with Gasteiger partial charge in [0, 0.05) is 6.54 Å². The molecule has 5 heteroatoms. The summed E-state index contributed by atoms with van der Waals surface area (Å²) in [5, 5.41) is 24.6. The number of nitrogens with zero attached hydrogens (tertiary/aromatic N) is 1. The lowest BCUT2D eigenvalue weighted by atomic mass is 9.99. The molecule has 0 amide bonds. The first kappa shape index (κ1) is 19.8. The molecule has 1 aliphatic rings. The standard InChI is InChI=1S/C22H30N2O3/c1-27-19-11-7-10-18(14-19)22(26)20(15-24-12-5-6-13-24)23-21(16-25)17-8-3-2-4-9-17/h2-4,7-11,14,20-23,25-26H,5-6,12-13,15-16H2,1H3/t20-,21-,22-/m1/s1. The van der Waals surface area contributed by atoms with Crippen molar-refractivity contribution in [1.82, 2.24) is 10.2 Å². The highest BCUT2D eigenvalue weighted by Crippen LogP contribution is 2.25. The van der Waals surface area contributed by atoms with E-state index in [1.807, 2.05) is 54.6 Å². The van der Waals surface area contributed by atoms with Crippen LogP contribution in [0.2, 0.25) is 0 Å². The second kappa shape index (κ2) is 9.85. The highest BCUT2D eigenvalue weighted by Gasteiger charge is 2.27. The number of hydrogen-bond acceptors (Lipinski definition) is 5. The Morgan fingerprint density at radius 3 is 2.41 bits per heavy atom. The summed E-state index contributed by atoms with van der Waals surface area (Å²) < 4.78 is 5.31. The maximum Gasteiger partial charge on any atom is 0.119 e. The summed E-state index contributed by atoms with van der Waals surface area (Å²) in [6.45, 7) is 2.82. The third kappa shape index (κ3) is 5.30. The largest absolute Gasteiger partial charge is 0.497 e. The Morgan fingerprint density at radius 2 is 1.74 bits per heavy atom. The molecule has 3 rings (SSSR count). The molecule has 146 valence electrons. The van der Waals surface area contributed by atoms with E-state index in [0.29, 0.717) is 0 Å². The number of methoxy groups -OCH3 is 1. The van der Waals surface area contributed by atoms with E-state index in [2.05, 4.69) is 10.2 Å². The van der Waals surface area contributed by atoms with E-state index in [1.54, 1.807) is 7.11 Å². The van der Waals surface area contributed by atoms with Gasteiger partial charge in [0.15, 0.2) is 0 Å². The summed E-state index contributed by atoms with van der Waals surface area (Å²) in [4.78, 5) is 2.38. The maximum absolute atomic E-state index is 11.1. The monoisotopic (exact) mass is 370 g/mol. The molecule has 2 aromatic rings. The molecule has 1 heterocycles. The summed E-state index contributed by atoms with van der Waals surface area (Å²) in [5.74, 6) is 0.730. The van der Waals surface area contributed by atoms with Gasteiger partial charge >= 0.3 is 0 Å². The predicted octanol–water partition coefficient (Wildman–Crippen LogP) is 2.52. The van der Waals surface area contributed by atoms with Crippen LogP contribution in [-0.2, 0) is 0 Å². The van der Waals surface area contributed by atoms with Crippen LogP contribution in [0.4, 0.5) is 0 Å². The highest BCUT2D eigenvalue weighted by molar-refractivity contribution is 5.31. The number of aliphatic hydroxyl groups excluding tert-OH is 2. The van der Waals surface area contributed by atoms with Crippen LogP contribution in [0.5, 0.6) is 5.75 Å². The third-order valence-electron chi connectivity index (χ3n) is 5.27. The van der Waals surface area contributed by atoms with Gasteiger partial charge in [-0.25, -0.2) is 0 Å². The van der Waals surface area contributed by atoms with Gasteiger partial charge in [-0.05, 0) is 49.2 Å². The Labute approximate surface area is 161 Å². The van der Waals surface area contributed by atoms with E-state index < -0.39 is 6.10 Å². The Kier molecular flexibility index (Phi) is 7.24. The van der Waals surface area contributed by atoms with Gasteiger partial charge in [0.05, 0.1) is 31.9 Å². The van der Waals surface area contributed by atoms with Crippen molar-refractivity contribution in [3.8, 4) is 5.75 Å². The van der Waals surface area contributed by atoms with Crippen molar-refractivity contribution in [3.63, 3.8) is 0 Å². The molecule has 0 saturated carbocycles. The SMILES string of the molecule is COc1cccc([C@@H](O)[C@@H](CN2CCCC2)N[C@H](CO)c2ccccc2)c1. The number of nitrogens with one attached hydrogen (secondary N) is 1. The second-order valence-electron chi connectivity index (χ2n) is 7.15. The van der Waals surface area contributed by atoms with Gasteiger partial charge in [0.25, 0.3) is 0 Å². The first-order valence-electron chi connectivity index (χ1n) is 9.67. The Hall–Kier alpha value is -1.92. The molecular formula is C22H30N2O3. The molecule has 3 N–H and O–H groups in total. The van der Waals surface area contributed by atoms with E-state index in [4.69, 9.17) is 4.74 Å². The normalized spacial score (nSPS) is 18.2. The van der Waals surface area contributed by atoms with Crippen LogP contribution in [0, 0.1) is 0 Å². The minimum absolute atomic E-state index is 0.0225. The molecule has 1 aliphatic heterocycles. The van der Waals surface area contributed by atoms with Crippen molar-refractivity contribution in [3.05, 3.63) is 65.7 Å². The number of aliphatic hydroxyl groups is 2. The Balaban J connectivity index is 1.80. The first-order valence-corrected chi connectivity index (χ1v) is 9.67. The van der Waals surface area contributed by atoms with Crippen molar-refractivity contribution in [2.24, 2.45) is 0 Å². The molecule has 0 aliphatic carbocycles. The van der Waals surface area contributed by atoms with E-state index in [1.165, 1.54) is 12.8 Å². The molecule has 27 heavy (non-hydrogen) atoms. The highest BCUT2D eigenvalue weighted by atomic mass is 16.5. The zero-order valence-electron chi connectivity index (χ0n) is 15.9. The minimum atomic E-state index is -0.696. The molecule has 0 radical (unpaired) electrons. The fraction of sp³-hybridized carbons (Fsp3) is 0.455. The fourth-order valence-electron chi connectivity index (χ4n) is 3.74. The summed E-state index contributed by atoms with van der Waals surface area (Å²) in [5.41, 5.74) is 1.83. The average molecular weight is 370 g/mol. The fourth-order valence-corrected chi connectivity index (χ4v) is 3.74. The predicted molar refractivity (Wildman–Crippen MR) is 107 cm³/mol. The number of rotatable bonds is 9. The molecule has 5 nitrogen and oxygen atoms in total. The van der Waals surface area contributed by atoms with E-state index in [9.17, 15) is 10.2 Å². The van der Waals surface area contributed by atoms with Crippen molar-refractivity contribution >= 4 is 0 Å². The summed E-state index contributed by atoms with van der Waals surface area (Å²) >= 11 is 0. The smallest absolute Gasteiger partial charge is 0.119 e. The number of ether oxygens (including phenoxy) is 1. The number of likely N-dealkylation sites (tertiary alicyclic amines) is 1. The second-order valence-corrected chi connectivity index (χ2v) is 7.15. The van der Waals surface area contributed by atoms with Gasteiger partial charge < -0.3 is 25.2 Å². The molecule has 1 saturated heterocycles. The molecular weight excluding hydrogens is 340 g/mol. The molecule has 0 aromatic heterocycles. The topological polar surface area (TPSA) is 65.0 Å². The van der Waals surface area contributed by atoms with Crippen LogP contribution in [0.25, 0.3) is 0 Å². The third-order valence-corrected chi connectivity index (χ3v) is 5.27. The zero-order valence-corrected chi connectivity index (χ0v) is 15.9. The summed E-state index contributed by atoms with van der Waals surface area (Å²) in [7, 11) is 1.63.